The van der Waals surface area contributed by atoms with Gasteiger partial charge in [0.25, 0.3) is 0 Å². The van der Waals surface area contributed by atoms with E-state index in [4.69, 9.17) is 11.6 Å². The van der Waals surface area contributed by atoms with E-state index >= 15 is 0 Å². The molecule has 1 aromatic carbocycles. The Morgan fingerprint density at radius 2 is 1.93 bits per heavy atom. The summed E-state index contributed by atoms with van der Waals surface area (Å²) in [5, 5.41) is 2.84. The molecule has 1 fully saturated rings. The number of rotatable bonds is 4. The Morgan fingerprint density at radius 3 is 2.54 bits per heavy atom. The van der Waals surface area contributed by atoms with Crippen LogP contribution in [0.4, 0.5) is 24.7 Å². The summed E-state index contributed by atoms with van der Waals surface area (Å²) in [6.45, 7) is 4.41. The quantitative estimate of drug-likeness (QED) is 0.829. The molecule has 1 N–H and O–H groups in total. The van der Waals surface area contributed by atoms with E-state index in [0.29, 0.717) is 32.0 Å². The van der Waals surface area contributed by atoms with Crippen LogP contribution in [0.1, 0.15) is 11.1 Å². The Bertz CT molecular complexity index is 851. The first-order valence-electron chi connectivity index (χ1n) is 8.79. The van der Waals surface area contributed by atoms with Crippen LogP contribution in [0.2, 0.25) is 5.02 Å². The number of alkyl halides is 3. The summed E-state index contributed by atoms with van der Waals surface area (Å²) in [5.74, 6) is 0.225. The van der Waals surface area contributed by atoms with Crippen molar-refractivity contribution in [2.75, 3.05) is 42.9 Å². The standard InChI is InChI=1S/C19H20ClF3N4O/c1-13-3-2-4-15(9-13)25-17(28)12-26-5-7-27(8-6-26)18-16(20)10-14(11-24-18)19(21,22)23/h2-4,9-11H,5-8,12H2,1H3,(H,25,28). The number of hydrogen-bond acceptors (Lipinski definition) is 4. The molecular formula is C19H20ClF3N4O. The molecule has 0 radical (unpaired) electrons. The fraction of sp³-hybridized carbons (Fsp3) is 0.368. The van der Waals surface area contributed by atoms with Crippen molar-refractivity contribution in [3.8, 4) is 0 Å². The average Bonchev–Trinajstić information content (AvgIpc) is 2.61. The number of carbonyl (C=O) groups is 1. The number of nitrogens with zero attached hydrogens (tertiary/aromatic N) is 3. The smallest absolute Gasteiger partial charge is 0.353 e. The van der Waals surface area contributed by atoms with Gasteiger partial charge >= 0.3 is 6.18 Å². The van der Waals surface area contributed by atoms with Gasteiger partial charge in [-0.05, 0) is 30.7 Å². The van der Waals surface area contributed by atoms with Crippen molar-refractivity contribution < 1.29 is 18.0 Å². The van der Waals surface area contributed by atoms with Crippen LogP contribution in [0.15, 0.2) is 36.5 Å². The first kappa shape index (κ1) is 20.4. The van der Waals surface area contributed by atoms with Gasteiger partial charge in [0, 0.05) is 38.1 Å². The van der Waals surface area contributed by atoms with E-state index in [0.717, 1.165) is 23.5 Å². The molecule has 2 aromatic rings. The van der Waals surface area contributed by atoms with Crippen molar-refractivity contribution in [2.45, 2.75) is 13.1 Å². The van der Waals surface area contributed by atoms with Crippen LogP contribution in [0, 0.1) is 6.92 Å². The SMILES string of the molecule is Cc1cccc(NC(=O)CN2CCN(c3ncc(C(F)(F)F)cc3Cl)CC2)c1. The number of pyridine rings is 1. The Labute approximate surface area is 166 Å². The number of piperazine rings is 1. The summed E-state index contributed by atoms with van der Waals surface area (Å²) in [7, 11) is 0. The molecule has 0 saturated carbocycles. The van der Waals surface area contributed by atoms with Crippen LogP contribution in [0.25, 0.3) is 0 Å². The fourth-order valence-electron chi connectivity index (χ4n) is 3.06. The summed E-state index contributed by atoms with van der Waals surface area (Å²) in [5.41, 5.74) is 0.949. The Balaban J connectivity index is 1.54. The molecule has 150 valence electrons. The van der Waals surface area contributed by atoms with Gasteiger partial charge in [-0.1, -0.05) is 23.7 Å². The molecule has 1 aromatic heterocycles. The van der Waals surface area contributed by atoms with E-state index in [-0.39, 0.29) is 17.5 Å². The Hall–Kier alpha value is -2.32. The highest BCUT2D eigenvalue weighted by atomic mass is 35.5. The molecule has 28 heavy (non-hydrogen) atoms. The van der Waals surface area contributed by atoms with Gasteiger partial charge in [0.05, 0.1) is 17.1 Å². The number of anilines is 2. The van der Waals surface area contributed by atoms with Crippen molar-refractivity contribution in [1.29, 1.82) is 0 Å². The second-order valence-corrected chi connectivity index (χ2v) is 7.12. The second kappa shape index (κ2) is 8.36. The lowest BCUT2D eigenvalue weighted by molar-refractivity contribution is -0.137. The van der Waals surface area contributed by atoms with Crippen molar-refractivity contribution in [1.82, 2.24) is 9.88 Å². The minimum Gasteiger partial charge on any atom is -0.353 e. The predicted molar refractivity (Wildman–Crippen MR) is 103 cm³/mol. The van der Waals surface area contributed by atoms with Crippen LogP contribution in [0.3, 0.4) is 0 Å². The number of benzene rings is 1. The molecule has 1 amide bonds. The fourth-order valence-corrected chi connectivity index (χ4v) is 3.35. The summed E-state index contributed by atoms with van der Waals surface area (Å²) >= 11 is 6.01. The first-order valence-corrected chi connectivity index (χ1v) is 9.17. The van der Waals surface area contributed by atoms with Crippen molar-refractivity contribution in [2.24, 2.45) is 0 Å². The van der Waals surface area contributed by atoms with Gasteiger partial charge in [-0.2, -0.15) is 13.2 Å². The Kier molecular flexibility index (Phi) is 6.10. The van der Waals surface area contributed by atoms with Crippen molar-refractivity contribution >= 4 is 29.0 Å². The Morgan fingerprint density at radius 1 is 1.21 bits per heavy atom. The van der Waals surface area contributed by atoms with Gasteiger partial charge in [-0.15, -0.1) is 0 Å². The number of halogens is 4. The maximum atomic E-state index is 12.7. The second-order valence-electron chi connectivity index (χ2n) is 6.71. The third-order valence-electron chi connectivity index (χ3n) is 4.49. The molecule has 5 nitrogen and oxygen atoms in total. The average molecular weight is 413 g/mol. The van der Waals surface area contributed by atoms with Gasteiger partial charge < -0.3 is 10.2 Å². The van der Waals surface area contributed by atoms with E-state index in [2.05, 4.69) is 10.3 Å². The van der Waals surface area contributed by atoms with Gasteiger partial charge in [-0.25, -0.2) is 4.98 Å². The highest BCUT2D eigenvalue weighted by molar-refractivity contribution is 6.33. The highest BCUT2D eigenvalue weighted by Crippen LogP contribution is 2.33. The third kappa shape index (κ3) is 5.14. The maximum absolute atomic E-state index is 12.7. The van der Waals surface area contributed by atoms with Crippen LogP contribution >= 0.6 is 11.6 Å². The molecule has 1 aliphatic heterocycles. The zero-order chi connectivity index (χ0) is 20.3. The molecule has 0 atom stereocenters. The number of aromatic nitrogens is 1. The zero-order valence-corrected chi connectivity index (χ0v) is 16.0. The minimum atomic E-state index is -4.47. The lowest BCUT2D eigenvalue weighted by Gasteiger charge is -2.35. The lowest BCUT2D eigenvalue weighted by atomic mass is 10.2. The monoisotopic (exact) mass is 412 g/mol. The number of hydrogen-bond donors (Lipinski definition) is 1. The molecule has 0 bridgehead atoms. The van der Waals surface area contributed by atoms with E-state index < -0.39 is 11.7 Å². The van der Waals surface area contributed by atoms with Gasteiger partial charge in [0.15, 0.2) is 0 Å². The third-order valence-corrected chi connectivity index (χ3v) is 4.77. The topological polar surface area (TPSA) is 48.5 Å². The molecule has 9 heteroatoms. The number of nitrogens with one attached hydrogen (secondary N) is 1. The first-order chi connectivity index (χ1) is 13.2. The van der Waals surface area contributed by atoms with E-state index in [9.17, 15) is 18.0 Å². The summed E-state index contributed by atoms with van der Waals surface area (Å²) < 4.78 is 38.2. The molecule has 0 aliphatic carbocycles. The summed E-state index contributed by atoms with van der Waals surface area (Å²) in [6, 6.07) is 8.46. The summed E-state index contributed by atoms with van der Waals surface area (Å²) in [4.78, 5) is 19.9. The van der Waals surface area contributed by atoms with Crippen LogP contribution in [-0.4, -0.2) is 48.5 Å². The summed E-state index contributed by atoms with van der Waals surface area (Å²) in [6.07, 6.45) is -3.68. The molecular weight excluding hydrogens is 393 g/mol. The molecule has 1 saturated heterocycles. The van der Waals surface area contributed by atoms with Crippen molar-refractivity contribution in [3.05, 3.63) is 52.7 Å². The molecule has 1 aliphatic rings. The highest BCUT2D eigenvalue weighted by Gasteiger charge is 2.32. The zero-order valence-electron chi connectivity index (χ0n) is 15.3. The van der Waals surface area contributed by atoms with Gasteiger partial charge in [0.1, 0.15) is 5.82 Å². The van der Waals surface area contributed by atoms with E-state index in [1.165, 1.54) is 0 Å². The van der Waals surface area contributed by atoms with Crippen LogP contribution in [0.5, 0.6) is 0 Å². The predicted octanol–water partition coefficient (Wildman–Crippen LogP) is 3.82. The lowest BCUT2D eigenvalue weighted by Crippen LogP contribution is -2.49. The normalized spacial score (nSPS) is 15.5. The van der Waals surface area contributed by atoms with Gasteiger partial charge in [-0.3, -0.25) is 9.69 Å². The molecule has 0 spiro atoms. The number of amides is 1. The van der Waals surface area contributed by atoms with Crippen LogP contribution < -0.4 is 10.2 Å². The molecule has 0 unspecified atom stereocenters. The largest absolute Gasteiger partial charge is 0.417 e. The number of aryl methyl sites for hydroxylation is 1. The van der Waals surface area contributed by atoms with Crippen molar-refractivity contribution in [3.63, 3.8) is 0 Å². The van der Waals surface area contributed by atoms with E-state index in [1.54, 1.807) is 0 Å². The maximum Gasteiger partial charge on any atom is 0.417 e. The molecule has 3 rings (SSSR count). The van der Waals surface area contributed by atoms with Gasteiger partial charge in [0.2, 0.25) is 5.91 Å². The van der Waals surface area contributed by atoms with E-state index in [1.807, 2.05) is 41.0 Å². The molecule has 2 heterocycles. The van der Waals surface area contributed by atoms with Crippen LogP contribution in [-0.2, 0) is 11.0 Å². The minimum absolute atomic E-state index is 0.0273. The number of carbonyl (C=O) groups excluding carboxylic acids is 1.